The van der Waals surface area contributed by atoms with E-state index in [9.17, 15) is 4.79 Å². The lowest BCUT2D eigenvalue weighted by molar-refractivity contribution is 0.0964. The molecule has 1 N–H and O–H groups in total. The summed E-state index contributed by atoms with van der Waals surface area (Å²) < 4.78 is 0. The van der Waals surface area contributed by atoms with Gasteiger partial charge in [0, 0.05) is 29.6 Å². The lowest BCUT2D eigenvalue weighted by Crippen LogP contribution is -2.31. The Labute approximate surface area is 149 Å². The van der Waals surface area contributed by atoms with Crippen molar-refractivity contribution in [3.05, 3.63) is 40.5 Å². The zero-order valence-electron chi connectivity index (χ0n) is 15.6. The van der Waals surface area contributed by atoms with E-state index >= 15 is 0 Å². The van der Waals surface area contributed by atoms with Gasteiger partial charge in [-0.3, -0.25) is 9.78 Å². The van der Waals surface area contributed by atoms with Crippen LogP contribution in [0.25, 0.3) is 10.9 Å². The molecule has 4 heteroatoms. The quantitative estimate of drug-likeness (QED) is 0.788. The molecule has 1 aromatic heterocycles. The number of halogens is 1. The first-order chi connectivity index (χ1) is 11.0. The van der Waals surface area contributed by atoms with Gasteiger partial charge in [-0.05, 0) is 29.0 Å². The van der Waals surface area contributed by atoms with Crippen LogP contribution >= 0.6 is 11.6 Å². The van der Waals surface area contributed by atoms with Crippen LogP contribution in [-0.4, -0.2) is 17.9 Å². The number of hydrogen-bond acceptors (Lipinski definition) is 2. The van der Waals surface area contributed by atoms with Crippen LogP contribution in [0.4, 0.5) is 0 Å². The molecule has 0 saturated carbocycles. The number of fused-ring (bicyclic) bond motifs is 1. The lowest BCUT2D eigenvalue weighted by Gasteiger charge is -2.40. The largest absolute Gasteiger partial charge is 0.355 e. The van der Waals surface area contributed by atoms with Crippen LogP contribution < -0.4 is 5.32 Å². The number of benzene rings is 1. The van der Waals surface area contributed by atoms with Crippen molar-refractivity contribution in [2.24, 2.45) is 10.8 Å². The van der Waals surface area contributed by atoms with Crippen molar-refractivity contribution in [3.63, 3.8) is 0 Å². The third-order valence-electron chi connectivity index (χ3n) is 4.33. The Morgan fingerprint density at radius 1 is 1.04 bits per heavy atom. The summed E-state index contributed by atoms with van der Waals surface area (Å²) in [6.45, 7) is 13.4. The summed E-state index contributed by atoms with van der Waals surface area (Å²) >= 11 is 6.39. The van der Waals surface area contributed by atoms with Gasteiger partial charge in [0.2, 0.25) is 0 Å². The van der Waals surface area contributed by atoms with E-state index in [1.165, 1.54) is 0 Å². The van der Waals surface area contributed by atoms with E-state index in [4.69, 9.17) is 16.6 Å². The van der Waals surface area contributed by atoms with Crippen LogP contribution in [0.3, 0.4) is 0 Å². The average molecular weight is 347 g/mol. The van der Waals surface area contributed by atoms with E-state index in [0.717, 1.165) is 11.1 Å². The predicted molar refractivity (Wildman–Crippen MR) is 102 cm³/mol. The summed E-state index contributed by atoms with van der Waals surface area (Å²) in [6.07, 6.45) is 0. The topological polar surface area (TPSA) is 42.0 Å². The second-order valence-corrected chi connectivity index (χ2v) is 8.88. The Kier molecular flexibility index (Phi) is 4.96. The van der Waals surface area contributed by atoms with Crippen molar-refractivity contribution in [2.75, 3.05) is 7.05 Å². The highest BCUT2D eigenvalue weighted by Gasteiger charge is 2.37. The number of pyridine rings is 1. The van der Waals surface area contributed by atoms with E-state index in [1.54, 1.807) is 19.2 Å². The van der Waals surface area contributed by atoms with Gasteiger partial charge in [-0.15, -0.1) is 0 Å². The van der Waals surface area contributed by atoms with Gasteiger partial charge in [0.15, 0.2) is 0 Å². The normalized spacial score (nSPS) is 12.7. The monoisotopic (exact) mass is 346 g/mol. The number of carbonyl (C=O) groups is 1. The molecule has 1 amide bonds. The Morgan fingerprint density at radius 2 is 1.62 bits per heavy atom. The molecule has 0 unspecified atom stereocenters. The number of nitrogens with one attached hydrogen (secondary N) is 1. The first-order valence-electron chi connectivity index (χ1n) is 8.28. The van der Waals surface area contributed by atoms with Crippen LogP contribution in [0.5, 0.6) is 0 Å². The molecule has 2 rings (SSSR count). The molecule has 0 spiro atoms. The molecule has 0 atom stereocenters. The van der Waals surface area contributed by atoms with Gasteiger partial charge in [-0.2, -0.15) is 0 Å². The van der Waals surface area contributed by atoms with Crippen LogP contribution in [-0.2, 0) is 0 Å². The van der Waals surface area contributed by atoms with Crippen molar-refractivity contribution in [1.82, 2.24) is 10.3 Å². The second-order valence-electron chi connectivity index (χ2n) is 8.47. The predicted octanol–water partition coefficient (Wildman–Crippen LogP) is 5.42. The SMILES string of the molecule is CNC(=O)c1ccc(Cl)c2nc(C(C(C)(C)C)C(C)(C)C)ccc12. The Morgan fingerprint density at radius 3 is 2.12 bits per heavy atom. The third kappa shape index (κ3) is 3.56. The summed E-state index contributed by atoms with van der Waals surface area (Å²) in [5, 5.41) is 4.02. The molecule has 0 radical (unpaired) electrons. The number of nitrogens with zero attached hydrogens (tertiary/aromatic N) is 1. The maximum Gasteiger partial charge on any atom is 0.251 e. The summed E-state index contributed by atoms with van der Waals surface area (Å²) in [5.41, 5.74) is 2.42. The highest BCUT2D eigenvalue weighted by molar-refractivity contribution is 6.35. The molecule has 130 valence electrons. The molecule has 1 aromatic carbocycles. The zero-order chi connectivity index (χ0) is 18.3. The van der Waals surface area contributed by atoms with Gasteiger partial charge >= 0.3 is 0 Å². The molecular formula is C20H27ClN2O. The Balaban J connectivity index is 2.71. The van der Waals surface area contributed by atoms with E-state index in [2.05, 4.69) is 46.9 Å². The Bertz CT molecular complexity index is 756. The number of aromatic nitrogens is 1. The smallest absolute Gasteiger partial charge is 0.251 e. The Hall–Kier alpha value is -1.61. The van der Waals surface area contributed by atoms with Crippen LogP contribution in [0, 0.1) is 10.8 Å². The highest BCUT2D eigenvalue weighted by atomic mass is 35.5. The minimum atomic E-state index is -0.130. The molecule has 0 saturated heterocycles. The summed E-state index contributed by atoms with van der Waals surface area (Å²) in [6, 6.07) is 7.50. The lowest BCUT2D eigenvalue weighted by atomic mass is 9.65. The molecule has 0 aliphatic rings. The van der Waals surface area contributed by atoms with Crippen molar-refractivity contribution in [2.45, 2.75) is 47.5 Å². The highest BCUT2D eigenvalue weighted by Crippen LogP contribution is 2.47. The number of amides is 1. The van der Waals surface area contributed by atoms with Crippen LogP contribution in [0.1, 0.15) is 63.5 Å². The molecule has 1 heterocycles. The van der Waals surface area contributed by atoms with Crippen molar-refractivity contribution >= 4 is 28.4 Å². The fourth-order valence-electron chi connectivity index (χ4n) is 3.88. The van der Waals surface area contributed by atoms with Gasteiger partial charge in [-0.1, -0.05) is 59.2 Å². The van der Waals surface area contributed by atoms with Gasteiger partial charge in [-0.25, -0.2) is 0 Å². The molecule has 0 aliphatic heterocycles. The van der Waals surface area contributed by atoms with Crippen molar-refractivity contribution in [3.8, 4) is 0 Å². The zero-order valence-corrected chi connectivity index (χ0v) is 16.4. The molecule has 3 nitrogen and oxygen atoms in total. The summed E-state index contributed by atoms with van der Waals surface area (Å²) in [4.78, 5) is 17.0. The summed E-state index contributed by atoms with van der Waals surface area (Å²) in [7, 11) is 1.62. The minimum Gasteiger partial charge on any atom is -0.355 e. The number of carbonyl (C=O) groups excluding carboxylic acids is 1. The second kappa shape index (κ2) is 6.36. The fourth-order valence-corrected chi connectivity index (χ4v) is 4.09. The van der Waals surface area contributed by atoms with E-state index in [0.29, 0.717) is 16.1 Å². The fraction of sp³-hybridized carbons (Fsp3) is 0.500. The third-order valence-corrected chi connectivity index (χ3v) is 4.63. The first-order valence-corrected chi connectivity index (χ1v) is 8.66. The van der Waals surface area contributed by atoms with E-state index < -0.39 is 0 Å². The molecule has 24 heavy (non-hydrogen) atoms. The average Bonchev–Trinajstić information content (AvgIpc) is 2.44. The van der Waals surface area contributed by atoms with Gasteiger partial charge in [0.1, 0.15) is 0 Å². The molecule has 2 aromatic rings. The maximum atomic E-state index is 12.1. The first kappa shape index (κ1) is 18.7. The van der Waals surface area contributed by atoms with Gasteiger partial charge in [0.25, 0.3) is 5.91 Å². The maximum absolute atomic E-state index is 12.1. The van der Waals surface area contributed by atoms with Gasteiger partial charge < -0.3 is 5.32 Å². The van der Waals surface area contributed by atoms with Crippen molar-refractivity contribution in [1.29, 1.82) is 0 Å². The molecular weight excluding hydrogens is 320 g/mol. The molecule has 0 fully saturated rings. The van der Waals surface area contributed by atoms with E-state index in [1.807, 2.05) is 12.1 Å². The van der Waals surface area contributed by atoms with Crippen molar-refractivity contribution < 1.29 is 4.79 Å². The van der Waals surface area contributed by atoms with Crippen LogP contribution in [0.2, 0.25) is 5.02 Å². The number of hydrogen-bond donors (Lipinski definition) is 1. The standard InChI is InChI=1S/C20H27ClN2O/c1-19(2,3)17(20(4,5)6)15-11-9-12-13(18(24)22-7)8-10-14(21)16(12)23-15/h8-11,17H,1-7H3,(H,22,24). The van der Waals surface area contributed by atoms with Crippen LogP contribution in [0.15, 0.2) is 24.3 Å². The molecule has 0 bridgehead atoms. The minimum absolute atomic E-state index is 0.0593. The van der Waals surface area contributed by atoms with E-state index in [-0.39, 0.29) is 22.7 Å². The number of rotatable bonds is 2. The summed E-state index contributed by atoms with van der Waals surface area (Å²) in [5.74, 6) is 0.128. The van der Waals surface area contributed by atoms with Gasteiger partial charge in [0.05, 0.1) is 10.5 Å². The molecule has 0 aliphatic carbocycles.